The summed E-state index contributed by atoms with van der Waals surface area (Å²) in [5.74, 6) is -1.03. The number of anilines is 1. The van der Waals surface area contributed by atoms with Crippen LogP contribution in [0.25, 0.3) is 10.1 Å². The molecule has 11 heteroatoms. The number of ether oxygens (including phenoxy) is 1. The predicted octanol–water partition coefficient (Wildman–Crippen LogP) is 8.13. The quantitative estimate of drug-likeness (QED) is 0.0749. The summed E-state index contributed by atoms with van der Waals surface area (Å²) >= 11 is 17.1. The molecule has 4 aromatic carbocycles. The number of halogens is 3. The predicted molar refractivity (Wildman–Crippen MR) is 171 cm³/mol. The molecule has 0 saturated heterocycles. The van der Waals surface area contributed by atoms with Crippen LogP contribution >= 0.6 is 50.5 Å². The van der Waals surface area contributed by atoms with E-state index in [1.54, 1.807) is 60.7 Å². The summed E-state index contributed by atoms with van der Waals surface area (Å²) in [5, 5.41) is 8.39. The van der Waals surface area contributed by atoms with E-state index in [4.69, 9.17) is 27.9 Å². The van der Waals surface area contributed by atoms with E-state index in [1.807, 2.05) is 30.3 Å². The number of rotatable bonds is 8. The van der Waals surface area contributed by atoms with Gasteiger partial charge in [-0.3, -0.25) is 9.59 Å². The first-order valence-electron chi connectivity index (χ1n) is 12.4. The van der Waals surface area contributed by atoms with Gasteiger partial charge in [0.2, 0.25) is 5.91 Å². The third-order valence-corrected chi connectivity index (χ3v) is 8.33. The van der Waals surface area contributed by atoms with Crippen molar-refractivity contribution in [2.24, 2.45) is 5.10 Å². The summed E-state index contributed by atoms with van der Waals surface area (Å²) < 4.78 is 7.13. The van der Waals surface area contributed by atoms with E-state index < -0.39 is 11.9 Å². The van der Waals surface area contributed by atoms with Crippen LogP contribution in [0, 0.1) is 0 Å². The topological polar surface area (TPSA) is 96.9 Å². The molecule has 2 N–H and O–H groups in total. The van der Waals surface area contributed by atoms with Gasteiger partial charge in [-0.15, -0.1) is 11.3 Å². The lowest BCUT2D eigenvalue weighted by Crippen LogP contribution is -2.18. The molecule has 5 aromatic rings. The molecule has 0 radical (unpaired) electrons. The van der Waals surface area contributed by atoms with Gasteiger partial charge in [0, 0.05) is 36.4 Å². The van der Waals surface area contributed by atoms with Crippen molar-refractivity contribution in [3.05, 3.63) is 127 Å². The van der Waals surface area contributed by atoms with Gasteiger partial charge in [0.15, 0.2) is 0 Å². The first-order chi connectivity index (χ1) is 20.3. The van der Waals surface area contributed by atoms with E-state index in [2.05, 4.69) is 31.8 Å². The van der Waals surface area contributed by atoms with Crippen LogP contribution in [0.2, 0.25) is 10.0 Å². The minimum atomic E-state index is -0.630. The van der Waals surface area contributed by atoms with Crippen LogP contribution in [0.5, 0.6) is 5.75 Å². The van der Waals surface area contributed by atoms with Crippen LogP contribution in [0.1, 0.15) is 31.2 Å². The fourth-order valence-corrected chi connectivity index (χ4v) is 5.99. The molecule has 42 heavy (non-hydrogen) atoms. The lowest BCUT2D eigenvalue weighted by Gasteiger charge is -2.08. The number of esters is 1. The van der Waals surface area contributed by atoms with Gasteiger partial charge in [-0.05, 0) is 60.2 Å². The zero-order chi connectivity index (χ0) is 29.6. The number of fused-ring (bicyclic) bond motifs is 1. The van der Waals surface area contributed by atoms with Gasteiger partial charge in [0.25, 0.3) is 5.91 Å². The number of nitrogens with zero attached hydrogens (tertiary/aromatic N) is 1. The van der Waals surface area contributed by atoms with Crippen molar-refractivity contribution in [1.82, 2.24) is 5.43 Å². The number of nitrogens with one attached hydrogen (secondary N) is 2. The van der Waals surface area contributed by atoms with Crippen LogP contribution in [0.15, 0.2) is 101 Å². The Kier molecular flexibility index (Phi) is 9.34. The molecule has 7 nitrogen and oxygen atoms in total. The lowest BCUT2D eigenvalue weighted by molar-refractivity contribution is -0.115. The van der Waals surface area contributed by atoms with Crippen molar-refractivity contribution in [3.63, 3.8) is 0 Å². The summed E-state index contributed by atoms with van der Waals surface area (Å²) in [6, 6.07) is 26.1. The van der Waals surface area contributed by atoms with Crippen molar-refractivity contribution in [2.45, 2.75) is 6.42 Å². The maximum absolute atomic E-state index is 13.0. The van der Waals surface area contributed by atoms with Crippen molar-refractivity contribution < 1.29 is 19.1 Å². The number of amides is 2. The second kappa shape index (κ2) is 13.3. The molecular weight excluding hydrogens is 661 g/mol. The first kappa shape index (κ1) is 29.5. The van der Waals surface area contributed by atoms with E-state index in [1.165, 1.54) is 17.6 Å². The van der Waals surface area contributed by atoms with Crippen molar-refractivity contribution >= 4 is 90.2 Å². The van der Waals surface area contributed by atoms with Crippen molar-refractivity contribution in [1.29, 1.82) is 0 Å². The number of thiophene rings is 1. The zero-order valence-corrected chi connectivity index (χ0v) is 25.5. The standard InChI is InChI=1S/C31H20BrCl2N3O4S/c32-21-8-13-25(41-31(40)29-28(34)24-12-9-22(33)16-26(24)42-29)20(15-21)17-35-37-30(39)19-6-10-23(11-7-19)36-27(38)14-18-4-2-1-3-5-18/h1-13,15-17H,14H2,(H,36,38)(H,37,39)/b35-17-. The number of hydrogen-bond donors (Lipinski definition) is 2. The van der Waals surface area contributed by atoms with Gasteiger partial charge in [0.05, 0.1) is 17.7 Å². The molecule has 0 atom stereocenters. The molecule has 0 spiro atoms. The third-order valence-electron chi connectivity index (χ3n) is 5.96. The summed E-state index contributed by atoms with van der Waals surface area (Å²) in [6.45, 7) is 0. The van der Waals surface area contributed by atoms with Gasteiger partial charge >= 0.3 is 5.97 Å². The third kappa shape index (κ3) is 7.24. The van der Waals surface area contributed by atoms with Gasteiger partial charge in [-0.1, -0.05) is 75.5 Å². The Morgan fingerprint density at radius 3 is 2.45 bits per heavy atom. The average Bonchev–Trinajstić information content (AvgIpc) is 3.30. The van der Waals surface area contributed by atoms with E-state index in [9.17, 15) is 14.4 Å². The molecule has 1 heterocycles. The highest BCUT2D eigenvalue weighted by atomic mass is 79.9. The van der Waals surface area contributed by atoms with Gasteiger partial charge < -0.3 is 10.1 Å². The Balaban J connectivity index is 1.22. The fraction of sp³-hybridized carbons (Fsp3) is 0.0323. The maximum atomic E-state index is 13.0. The van der Waals surface area contributed by atoms with Gasteiger partial charge in [-0.25, -0.2) is 10.2 Å². The lowest BCUT2D eigenvalue weighted by atomic mass is 10.1. The second-order valence-corrected chi connectivity index (χ2v) is 11.7. The van der Waals surface area contributed by atoms with Crippen LogP contribution in [-0.4, -0.2) is 24.0 Å². The number of carbonyl (C=O) groups excluding carboxylic acids is 3. The van der Waals surface area contributed by atoms with Crippen LogP contribution < -0.4 is 15.5 Å². The highest BCUT2D eigenvalue weighted by molar-refractivity contribution is 9.10. The monoisotopic (exact) mass is 679 g/mol. The molecule has 1 aromatic heterocycles. The molecule has 0 bridgehead atoms. The average molecular weight is 681 g/mol. The van der Waals surface area contributed by atoms with Gasteiger partial charge in [-0.2, -0.15) is 5.10 Å². The molecule has 0 fully saturated rings. The van der Waals surface area contributed by atoms with Gasteiger partial charge in [0.1, 0.15) is 10.6 Å². The highest BCUT2D eigenvalue weighted by Gasteiger charge is 2.20. The number of benzene rings is 4. The molecule has 2 amide bonds. The highest BCUT2D eigenvalue weighted by Crippen LogP contribution is 2.37. The smallest absolute Gasteiger partial charge is 0.355 e. The molecule has 0 unspecified atom stereocenters. The Morgan fingerprint density at radius 2 is 1.69 bits per heavy atom. The summed E-state index contributed by atoms with van der Waals surface area (Å²) in [4.78, 5) is 38.2. The van der Waals surface area contributed by atoms with E-state index in [0.29, 0.717) is 27.2 Å². The molecule has 0 aliphatic heterocycles. The van der Waals surface area contributed by atoms with E-state index in [-0.39, 0.29) is 28.0 Å². The second-order valence-electron chi connectivity index (χ2n) is 8.94. The Bertz CT molecular complexity index is 1830. The van der Waals surface area contributed by atoms with Crippen LogP contribution in [-0.2, 0) is 11.2 Å². The number of carbonyl (C=O) groups is 3. The number of hydrazone groups is 1. The summed E-state index contributed by atoms with van der Waals surface area (Å²) in [5.41, 5.74) is 4.71. The Labute approximate surface area is 263 Å². The number of hydrogen-bond acceptors (Lipinski definition) is 6. The molecule has 5 rings (SSSR count). The SMILES string of the molecule is O=C(Cc1ccccc1)Nc1ccc(C(=O)N/N=C\c2cc(Br)ccc2OC(=O)c2sc3cc(Cl)ccc3c2Cl)cc1. The summed E-state index contributed by atoms with van der Waals surface area (Å²) in [6.07, 6.45) is 1.62. The molecule has 210 valence electrons. The largest absolute Gasteiger partial charge is 0.422 e. The normalized spacial score (nSPS) is 11.0. The van der Waals surface area contributed by atoms with Crippen LogP contribution in [0.4, 0.5) is 5.69 Å². The minimum absolute atomic E-state index is 0.160. The Hall–Kier alpha value is -4.02. The van der Waals surface area contributed by atoms with Crippen molar-refractivity contribution in [2.75, 3.05) is 5.32 Å². The van der Waals surface area contributed by atoms with E-state index in [0.717, 1.165) is 14.7 Å². The Morgan fingerprint density at radius 1 is 0.929 bits per heavy atom. The minimum Gasteiger partial charge on any atom is -0.422 e. The molecule has 0 saturated carbocycles. The molecular formula is C31H20BrCl2N3O4S. The maximum Gasteiger partial charge on any atom is 0.355 e. The fourth-order valence-electron chi connectivity index (χ4n) is 3.95. The molecule has 0 aliphatic rings. The molecule has 0 aliphatic carbocycles. The summed E-state index contributed by atoms with van der Waals surface area (Å²) in [7, 11) is 0. The van der Waals surface area contributed by atoms with E-state index >= 15 is 0 Å². The zero-order valence-electron chi connectivity index (χ0n) is 21.6. The first-order valence-corrected chi connectivity index (χ1v) is 14.8. The van der Waals surface area contributed by atoms with Crippen molar-refractivity contribution in [3.8, 4) is 5.75 Å². The van der Waals surface area contributed by atoms with Crippen LogP contribution in [0.3, 0.4) is 0 Å².